The predicted molar refractivity (Wildman–Crippen MR) is 92.3 cm³/mol. The van der Waals surface area contributed by atoms with Crippen molar-refractivity contribution in [1.82, 2.24) is 0 Å². The Morgan fingerprint density at radius 1 is 1.04 bits per heavy atom. The van der Waals surface area contributed by atoms with Crippen molar-refractivity contribution in [2.75, 3.05) is 0 Å². The molecule has 0 heterocycles. The fourth-order valence-corrected chi connectivity index (χ4v) is 7.43. The van der Waals surface area contributed by atoms with Crippen molar-refractivity contribution in [3.8, 4) is 0 Å². The van der Waals surface area contributed by atoms with Crippen LogP contribution in [0, 0.1) is 34.5 Å². The van der Waals surface area contributed by atoms with Gasteiger partial charge >= 0.3 is 5.97 Å². The Hall–Kier alpha value is -0.860. The Kier molecular flexibility index (Phi) is 3.85. The Bertz CT molecular complexity index is 555. The lowest BCUT2D eigenvalue weighted by Gasteiger charge is -2.59. The molecule has 0 aromatic carbocycles. The second-order valence-electron chi connectivity index (χ2n) is 9.47. The molecule has 7 atom stereocenters. The van der Waals surface area contributed by atoms with Crippen LogP contribution in [0.15, 0.2) is 0 Å². The van der Waals surface area contributed by atoms with Crippen LogP contribution in [0.5, 0.6) is 0 Å². The molecule has 0 radical (unpaired) electrons. The first-order valence-electron chi connectivity index (χ1n) is 10.1. The van der Waals surface area contributed by atoms with Crippen molar-refractivity contribution >= 4 is 11.8 Å². The van der Waals surface area contributed by atoms with Gasteiger partial charge in [0.2, 0.25) is 0 Å². The van der Waals surface area contributed by atoms with Crippen molar-refractivity contribution in [2.24, 2.45) is 34.5 Å². The van der Waals surface area contributed by atoms with Crippen LogP contribution in [0.3, 0.4) is 0 Å². The van der Waals surface area contributed by atoms with Gasteiger partial charge in [-0.05, 0) is 75.0 Å². The monoisotopic (exact) mass is 332 g/mol. The minimum atomic E-state index is -0.137. The van der Waals surface area contributed by atoms with Gasteiger partial charge in [-0.15, -0.1) is 0 Å². The molecule has 3 heteroatoms. The predicted octanol–water partition coefficient (Wildman–Crippen LogP) is 4.53. The maximum absolute atomic E-state index is 12.9. The van der Waals surface area contributed by atoms with E-state index in [9.17, 15) is 9.59 Å². The smallest absolute Gasteiger partial charge is 0.302 e. The summed E-state index contributed by atoms with van der Waals surface area (Å²) in [6.45, 7) is 6.19. The minimum absolute atomic E-state index is 0.0674. The lowest BCUT2D eigenvalue weighted by atomic mass is 9.45. The third-order valence-electron chi connectivity index (χ3n) is 8.68. The van der Waals surface area contributed by atoms with Gasteiger partial charge in [0.1, 0.15) is 11.9 Å². The quantitative estimate of drug-likeness (QED) is 0.663. The number of carbonyl (C=O) groups excluding carboxylic acids is 2. The summed E-state index contributed by atoms with van der Waals surface area (Å²) in [5, 5.41) is 0. The summed E-state index contributed by atoms with van der Waals surface area (Å²) in [6, 6.07) is 0. The average Bonchev–Trinajstić information content (AvgIpc) is 2.85. The summed E-state index contributed by atoms with van der Waals surface area (Å²) in [5.41, 5.74) is 0.0652. The molecule has 0 spiro atoms. The Labute approximate surface area is 145 Å². The number of Topliss-reactive ketones (excluding diaryl/α,β-unsaturated/α-hetero) is 1. The molecule has 24 heavy (non-hydrogen) atoms. The molecule has 4 aliphatic carbocycles. The minimum Gasteiger partial charge on any atom is -0.462 e. The maximum atomic E-state index is 12.9. The Balaban J connectivity index is 1.62. The molecule has 4 rings (SSSR count). The third-order valence-corrected chi connectivity index (χ3v) is 8.68. The molecular weight excluding hydrogens is 300 g/mol. The first-order chi connectivity index (χ1) is 11.4. The van der Waals surface area contributed by atoms with Crippen molar-refractivity contribution in [3.63, 3.8) is 0 Å². The average molecular weight is 332 g/mol. The van der Waals surface area contributed by atoms with E-state index in [1.54, 1.807) is 0 Å². The first-order valence-corrected chi connectivity index (χ1v) is 10.1. The highest BCUT2D eigenvalue weighted by atomic mass is 16.5. The standard InChI is InChI=1S/C21H32O3/c1-13(22)24-19-10-9-16-15-8-7-14-5-4-6-18(23)21(14,3)17(15)11-12-20(16,19)2/h14-17,19H,4-12H2,1-3H3/t14-,15-,16-,17-,19-,20-,21+/m1/s1. The summed E-state index contributed by atoms with van der Waals surface area (Å²) in [6.07, 6.45) is 10.2. The second-order valence-corrected chi connectivity index (χ2v) is 9.47. The van der Waals surface area contributed by atoms with E-state index >= 15 is 0 Å². The molecule has 0 aromatic rings. The summed E-state index contributed by atoms with van der Waals surface area (Å²) >= 11 is 0. The van der Waals surface area contributed by atoms with Gasteiger partial charge in [-0.1, -0.05) is 13.8 Å². The van der Waals surface area contributed by atoms with Gasteiger partial charge in [0.25, 0.3) is 0 Å². The van der Waals surface area contributed by atoms with Crippen LogP contribution in [0.2, 0.25) is 0 Å². The fourth-order valence-electron chi connectivity index (χ4n) is 7.43. The molecular formula is C21H32O3. The summed E-state index contributed by atoms with van der Waals surface area (Å²) < 4.78 is 5.71. The Morgan fingerprint density at radius 2 is 1.83 bits per heavy atom. The highest BCUT2D eigenvalue weighted by Crippen LogP contribution is 2.65. The third kappa shape index (κ3) is 2.15. The van der Waals surface area contributed by atoms with Crippen LogP contribution in [-0.2, 0) is 14.3 Å². The molecule has 0 aliphatic heterocycles. The highest BCUT2D eigenvalue weighted by Gasteiger charge is 2.62. The molecule has 134 valence electrons. The summed E-state index contributed by atoms with van der Waals surface area (Å²) in [4.78, 5) is 24.4. The highest BCUT2D eigenvalue weighted by molar-refractivity contribution is 5.86. The molecule has 4 fully saturated rings. The normalized spacial score (nSPS) is 50.6. The number of rotatable bonds is 1. The van der Waals surface area contributed by atoms with Crippen LogP contribution in [-0.4, -0.2) is 17.9 Å². The van der Waals surface area contributed by atoms with E-state index in [0.29, 0.717) is 29.5 Å². The van der Waals surface area contributed by atoms with E-state index in [1.807, 2.05) is 0 Å². The zero-order valence-corrected chi connectivity index (χ0v) is 15.5. The molecule has 0 bridgehead atoms. The van der Waals surface area contributed by atoms with Gasteiger partial charge in [0.05, 0.1) is 0 Å². The van der Waals surface area contributed by atoms with Crippen molar-refractivity contribution < 1.29 is 14.3 Å². The van der Waals surface area contributed by atoms with Gasteiger partial charge in [-0.25, -0.2) is 0 Å². The molecule has 3 nitrogen and oxygen atoms in total. The van der Waals surface area contributed by atoms with E-state index in [-0.39, 0.29) is 22.9 Å². The SMILES string of the molecule is CC(=O)O[C@@H]1CC[C@@H]2[C@H]3CC[C@H]4CCCC(=O)[C@]4(C)[C@@H]3CC[C@]21C. The van der Waals surface area contributed by atoms with E-state index in [2.05, 4.69) is 13.8 Å². The topological polar surface area (TPSA) is 43.4 Å². The first kappa shape index (κ1) is 16.6. The molecule has 4 saturated carbocycles. The van der Waals surface area contributed by atoms with Crippen LogP contribution in [0.25, 0.3) is 0 Å². The lowest BCUT2D eigenvalue weighted by Crippen LogP contribution is -2.56. The number of ether oxygens (including phenoxy) is 1. The zero-order valence-electron chi connectivity index (χ0n) is 15.5. The van der Waals surface area contributed by atoms with Gasteiger partial charge in [0, 0.05) is 24.2 Å². The second kappa shape index (κ2) is 5.57. The fraction of sp³-hybridized carbons (Fsp3) is 0.905. The number of carbonyl (C=O) groups is 2. The molecule has 0 unspecified atom stereocenters. The van der Waals surface area contributed by atoms with E-state index in [1.165, 1.54) is 32.6 Å². The van der Waals surface area contributed by atoms with E-state index < -0.39 is 0 Å². The van der Waals surface area contributed by atoms with E-state index in [4.69, 9.17) is 4.74 Å². The van der Waals surface area contributed by atoms with Crippen LogP contribution < -0.4 is 0 Å². The van der Waals surface area contributed by atoms with Gasteiger partial charge in [-0.3, -0.25) is 9.59 Å². The van der Waals surface area contributed by atoms with Gasteiger partial charge in [0.15, 0.2) is 0 Å². The largest absolute Gasteiger partial charge is 0.462 e. The van der Waals surface area contributed by atoms with Crippen LogP contribution in [0.4, 0.5) is 0 Å². The van der Waals surface area contributed by atoms with Crippen LogP contribution in [0.1, 0.15) is 78.6 Å². The molecule has 0 amide bonds. The number of fused-ring (bicyclic) bond motifs is 5. The maximum Gasteiger partial charge on any atom is 0.302 e. The number of esters is 1. The number of hydrogen-bond donors (Lipinski definition) is 0. The van der Waals surface area contributed by atoms with Crippen molar-refractivity contribution in [3.05, 3.63) is 0 Å². The van der Waals surface area contributed by atoms with Gasteiger partial charge in [-0.2, -0.15) is 0 Å². The molecule has 0 saturated heterocycles. The number of ketones is 1. The molecule has 4 aliphatic rings. The Morgan fingerprint density at radius 3 is 2.58 bits per heavy atom. The zero-order chi connectivity index (χ0) is 17.1. The van der Waals surface area contributed by atoms with Gasteiger partial charge < -0.3 is 4.74 Å². The van der Waals surface area contributed by atoms with Crippen molar-refractivity contribution in [2.45, 2.75) is 84.7 Å². The van der Waals surface area contributed by atoms with E-state index in [0.717, 1.165) is 32.1 Å². The van der Waals surface area contributed by atoms with Crippen LogP contribution >= 0.6 is 0 Å². The van der Waals surface area contributed by atoms with Crippen molar-refractivity contribution in [1.29, 1.82) is 0 Å². The molecule has 0 N–H and O–H groups in total. The summed E-state index contributed by atoms with van der Waals surface area (Å²) in [7, 11) is 0. The number of hydrogen-bond acceptors (Lipinski definition) is 3. The molecule has 0 aromatic heterocycles. The lowest BCUT2D eigenvalue weighted by molar-refractivity contribution is -0.165. The summed E-state index contributed by atoms with van der Waals surface area (Å²) in [5.74, 6) is 2.89.